The highest BCUT2D eigenvalue weighted by Gasteiger charge is 2.26. The Bertz CT molecular complexity index is 1410. The Labute approximate surface area is 189 Å². The van der Waals surface area contributed by atoms with Crippen molar-refractivity contribution in [3.8, 4) is 0 Å². The fourth-order valence-electron chi connectivity index (χ4n) is 3.72. The van der Waals surface area contributed by atoms with E-state index < -0.39 is 27.7 Å². The van der Waals surface area contributed by atoms with Crippen molar-refractivity contribution in [1.29, 1.82) is 0 Å². The number of pyridine rings is 1. The van der Waals surface area contributed by atoms with Crippen molar-refractivity contribution in [2.24, 2.45) is 0 Å². The number of aromatic nitrogens is 2. The molecule has 0 amide bonds. The minimum absolute atomic E-state index is 0.0214. The molecule has 1 atom stereocenters. The lowest BCUT2D eigenvalue weighted by Gasteiger charge is -2.12. The fourth-order valence-corrected chi connectivity index (χ4v) is 6.59. The zero-order valence-corrected chi connectivity index (χ0v) is 19.3. The quantitative estimate of drug-likeness (QED) is 0.380. The third-order valence-corrected chi connectivity index (χ3v) is 8.20. The summed E-state index contributed by atoms with van der Waals surface area (Å²) >= 11 is 1.37. The smallest absolute Gasteiger partial charge is 0.328 e. The van der Waals surface area contributed by atoms with E-state index in [1.165, 1.54) is 42.8 Å². The third-order valence-electron chi connectivity index (χ3n) is 5.28. The van der Waals surface area contributed by atoms with Crippen LogP contribution in [0.5, 0.6) is 0 Å². The van der Waals surface area contributed by atoms with Gasteiger partial charge >= 0.3 is 5.97 Å². The maximum atomic E-state index is 14.1. The number of esters is 1. The van der Waals surface area contributed by atoms with Crippen molar-refractivity contribution in [1.82, 2.24) is 9.55 Å². The van der Waals surface area contributed by atoms with E-state index in [2.05, 4.69) is 4.98 Å². The SMILES string of the molecule is COC(=O)C(C)n1cc(Cc2sc(C)cc2S(=O)(=O)c2ccccn2)c2cc(F)ccc21. The number of ether oxygens (including phenoxy) is 1. The van der Waals surface area contributed by atoms with E-state index in [0.717, 1.165) is 10.4 Å². The van der Waals surface area contributed by atoms with Crippen molar-refractivity contribution in [2.45, 2.75) is 36.2 Å². The van der Waals surface area contributed by atoms with E-state index in [4.69, 9.17) is 4.74 Å². The van der Waals surface area contributed by atoms with E-state index in [-0.39, 0.29) is 16.3 Å². The number of hydrogen-bond acceptors (Lipinski definition) is 6. The number of benzene rings is 1. The molecule has 0 aliphatic heterocycles. The number of carbonyl (C=O) groups excluding carboxylic acids is 1. The van der Waals surface area contributed by atoms with Gasteiger partial charge in [-0.25, -0.2) is 22.6 Å². The van der Waals surface area contributed by atoms with Gasteiger partial charge in [-0.1, -0.05) is 6.07 Å². The van der Waals surface area contributed by atoms with Crippen molar-refractivity contribution in [3.63, 3.8) is 0 Å². The molecule has 4 rings (SSSR count). The van der Waals surface area contributed by atoms with Crippen LogP contribution in [-0.2, 0) is 25.8 Å². The molecule has 9 heteroatoms. The lowest BCUT2D eigenvalue weighted by Crippen LogP contribution is -2.16. The van der Waals surface area contributed by atoms with Gasteiger partial charge in [0.1, 0.15) is 11.9 Å². The molecule has 1 unspecified atom stereocenters. The van der Waals surface area contributed by atoms with Gasteiger partial charge in [0.05, 0.1) is 12.0 Å². The first-order valence-electron chi connectivity index (χ1n) is 9.84. The predicted octanol–water partition coefficient (Wildman–Crippen LogP) is 4.70. The van der Waals surface area contributed by atoms with E-state index in [9.17, 15) is 17.6 Å². The Balaban J connectivity index is 1.84. The number of rotatable bonds is 6. The Kier molecular flexibility index (Phi) is 5.87. The number of nitrogens with zero attached hydrogens (tertiary/aromatic N) is 2. The van der Waals surface area contributed by atoms with E-state index in [0.29, 0.717) is 15.8 Å². The van der Waals surface area contributed by atoms with Crippen LogP contribution in [0.1, 0.15) is 28.3 Å². The molecular formula is C23H21FN2O4S2. The summed E-state index contributed by atoms with van der Waals surface area (Å²) in [5.74, 6) is -0.839. The second-order valence-corrected chi connectivity index (χ2v) is 10.6. The Hall–Kier alpha value is -3.04. The monoisotopic (exact) mass is 472 g/mol. The normalized spacial score (nSPS) is 12.8. The molecular weight excluding hydrogens is 451 g/mol. The molecule has 3 heterocycles. The number of thiophene rings is 1. The molecule has 166 valence electrons. The minimum atomic E-state index is -3.81. The lowest BCUT2D eigenvalue weighted by atomic mass is 10.1. The maximum Gasteiger partial charge on any atom is 0.328 e. The van der Waals surface area contributed by atoms with Gasteiger partial charge in [0.25, 0.3) is 0 Å². The average Bonchev–Trinajstić information content (AvgIpc) is 3.33. The molecule has 32 heavy (non-hydrogen) atoms. The molecule has 0 N–H and O–H groups in total. The lowest BCUT2D eigenvalue weighted by molar-refractivity contribution is -0.143. The topological polar surface area (TPSA) is 78.3 Å². The number of hydrogen-bond donors (Lipinski definition) is 0. The highest BCUT2D eigenvalue weighted by Crippen LogP contribution is 2.35. The number of carbonyl (C=O) groups is 1. The molecule has 4 aromatic rings. The maximum absolute atomic E-state index is 14.1. The molecule has 0 aliphatic carbocycles. The molecule has 0 saturated carbocycles. The van der Waals surface area contributed by atoms with Crippen LogP contribution in [0.25, 0.3) is 10.9 Å². The predicted molar refractivity (Wildman–Crippen MR) is 120 cm³/mol. The van der Waals surface area contributed by atoms with E-state index >= 15 is 0 Å². The van der Waals surface area contributed by atoms with Crippen molar-refractivity contribution < 1.29 is 22.3 Å². The number of methoxy groups -OCH3 is 1. The first-order chi connectivity index (χ1) is 15.2. The second-order valence-electron chi connectivity index (χ2n) is 7.41. The van der Waals surface area contributed by atoms with Gasteiger partial charge in [-0.15, -0.1) is 11.3 Å². The van der Waals surface area contributed by atoms with Crippen LogP contribution in [0, 0.1) is 12.7 Å². The summed E-state index contributed by atoms with van der Waals surface area (Å²) in [5, 5.41) is 0.597. The van der Waals surface area contributed by atoms with Crippen molar-refractivity contribution >= 4 is 38.0 Å². The number of fused-ring (bicyclic) bond motifs is 1. The summed E-state index contributed by atoms with van der Waals surface area (Å²) in [5.41, 5.74) is 1.39. The van der Waals surface area contributed by atoms with Gasteiger partial charge in [0.2, 0.25) is 9.84 Å². The van der Waals surface area contributed by atoms with Crippen molar-refractivity contribution in [3.05, 3.63) is 76.0 Å². The Morgan fingerprint density at radius 2 is 2.03 bits per heavy atom. The molecule has 3 aromatic heterocycles. The van der Waals surface area contributed by atoms with Crippen LogP contribution in [0.3, 0.4) is 0 Å². The van der Waals surface area contributed by atoms with Gasteiger partial charge in [-0.3, -0.25) is 0 Å². The summed E-state index contributed by atoms with van der Waals surface area (Å²) in [6, 6.07) is 10.1. The summed E-state index contributed by atoms with van der Waals surface area (Å²) in [7, 11) is -2.50. The van der Waals surface area contributed by atoms with Crippen LogP contribution < -0.4 is 0 Å². The number of sulfone groups is 1. The van der Waals surface area contributed by atoms with Crippen LogP contribution in [0.15, 0.2) is 64.8 Å². The molecule has 6 nitrogen and oxygen atoms in total. The summed E-state index contributed by atoms with van der Waals surface area (Å²) in [4.78, 5) is 17.8. The van der Waals surface area contributed by atoms with Crippen LogP contribution >= 0.6 is 11.3 Å². The third kappa shape index (κ3) is 3.93. The minimum Gasteiger partial charge on any atom is -0.467 e. The zero-order chi connectivity index (χ0) is 23.0. The Morgan fingerprint density at radius 1 is 1.25 bits per heavy atom. The Morgan fingerprint density at radius 3 is 2.72 bits per heavy atom. The van der Waals surface area contributed by atoms with Gasteiger partial charge < -0.3 is 9.30 Å². The number of aryl methyl sites for hydroxylation is 1. The van der Waals surface area contributed by atoms with Gasteiger partial charge in [-0.2, -0.15) is 0 Å². The molecule has 0 bridgehead atoms. The standard InChI is InChI=1S/C23H21FN2O4S2/c1-14-10-21(32(28,29)22-6-4-5-9-25-22)20(31-14)11-16-13-26(15(2)23(27)30-3)19-8-7-17(24)12-18(16)19/h4-10,12-13,15H,11H2,1-3H3. The summed E-state index contributed by atoms with van der Waals surface area (Å²) in [6.07, 6.45) is 3.47. The second kappa shape index (κ2) is 8.48. The first-order valence-corrected chi connectivity index (χ1v) is 12.1. The van der Waals surface area contributed by atoms with Crippen LogP contribution in [0.4, 0.5) is 4.39 Å². The molecule has 0 saturated heterocycles. The molecule has 0 fully saturated rings. The average molecular weight is 473 g/mol. The van der Waals surface area contributed by atoms with Gasteiger partial charge in [0.15, 0.2) is 5.03 Å². The van der Waals surface area contributed by atoms with Gasteiger partial charge in [0, 0.05) is 39.5 Å². The first kappa shape index (κ1) is 22.2. The summed E-state index contributed by atoms with van der Waals surface area (Å²) in [6.45, 7) is 3.54. The highest BCUT2D eigenvalue weighted by atomic mass is 32.2. The molecule has 1 aromatic carbocycles. The highest BCUT2D eigenvalue weighted by molar-refractivity contribution is 7.91. The van der Waals surface area contributed by atoms with E-state index in [1.54, 1.807) is 42.0 Å². The number of halogens is 1. The molecule has 0 spiro atoms. The van der Waals surface area contributed by atoms with E-state index in [1.807, 2.05) is 6.92 Å². The largest absolute Gasteiger partial charge is 0.467 e. The zero-order valence-electron chi connectivity index (χ0n) is 17.7. The van der Waals surface area contributed by atoms with Crippen LogP contribution in [-0.4, -0.2) is 31.0 Å². The summed E-state index contributed by atoms with van der Waals surface area (Å²) < 4.78 is 47.1. The fraction of sp³-hybridized carbons (Fsp3) is 0.217. The van der Waals surface area contributed by atoms with Crippen LogP contribution in [0.2, 0.25) is 0 Å². The molecule has 0 aliphatic rings. The van der Waals surface area contributed by atoms with Gasteiger partial charge in [-0.05, 0) is 55.8 Å². The molecule has 0 radical (unpaired) electrons. The van der Waals surface area contributed by atoms with Crippen molar-refractivity contribution in [2.75, 3.05) is 7.11 Å².